The highest BCUT2D eigenvalue weighted by atomic mass is 16.4. The number of hydrogen-bond donors (Lipinski definition) is 1. The fraction of sp³-hybridized carbons (Fsp3) is 0.182. The Hall–Kier alpha value is -1.97. The number of aromatic carboxylic acids is 1. The summed E-state index contributed by atoms with van der Waals surface area (Å²) in [5, 5.41) is 8.79. The summed E-state index contributed by atoms with van der Waals surface area (Å²) in [5.41, 5.74) is 0.797. The second kappa shape index (κ2) is 4.04. The van der Waals surface area contributed by atoms with E-state index in [-0.39, 0.29) is 11.6 Å². The fourth-order valence-electron chi connectivity index (χ4n) is 1.49. The van der Waals surface area contributed by atoms with Gasteiger partial charge in [-0.15, -0.1) is 0 Å². The van der Waals surface area contributed by atoms with Crippen molar-refractivity contribution in [1.82, 2.24) is 9.97 Å². The van der Waals surface area contributed by atoms with Gasteiger partial charge >= 0.3 is 5.97 Å². The van der Waals surface area contributed by atoms with E-state index in [1.807, 2.05) is 24.3 Å². The molecule has 4 nitrogen and oxygen atoms in total. The van der Waals surface area contributed by atoms with Gasteiger partial charge in [0.25, 0.3) is 0 Å². The first-order valence-corrected chi connectivity index (χ1v) is 4.66. The van der Waals surface area contributed by atoms with E-state index in [1.54, 1.807) is 0 Å². The number of allylic oxidation sites excluding steroid dienone is 4. The SMILES string of the molecule is O=C(O)c1cc(C2C=CC=CC2)ncn1. The minimum atomic E-state index is -1.02. The van der Waals surface area contributed by atoms with Crippen LogP contribution in [0.5, 0.6) is 0 Å². The van der Waals surface area contributed by atoms with Crippen molar-refractivity contribution in [3.63, 3.8) is 0 Å². The monoisotopic (exact) mass is 202 g/mol. The minimum absolute atomic E-state index is 0.0444. The van der Waals surface area contributed by atoms with E-state index in [4.69, 9.17) is 5.11 Å². The first-order valence-electron chi connectivity index (χ1n) is 4.66. The molecular weight excluding hydrogens is 192 g/mol. The Labute approximate surface area is 87.0 Å². The Morgan fingerprint density at radius 3 is 2.93 bits per heavy atom. The summed E-state index contributed by atoms with van der Waals surface area (Å²) < 4.78 is 0. The van der Waals surface area contributed by atoms with Crippen LogP contribution in [0.4, 0.5) is 0 Å². The number of carbonyl (C=O) groups is 1. The first-order chi connectivity index (χ1) is 7.27. The minimum Gasteiger partial charge on any atom is -0.477 e. The zero-order valence-corrected chi connectivity index (χ0v) is 8.00. The molecule has 0 saturated heterocycles. The first kappa shape index (κ1) is 9.58. The third-order valence-electron chi connectivity index (χ3n) is 2.27. The second-order valence-corrected chi connectivity index (χ2v) is 3.29. The Morgan fingerprint density at radius 1 is 1.40 bits per heavy atom. The Bertz CT molecular complexity index is 438. The molecule has 1 aliphatic carbocycles. The molecule has 4 heteroatoms. The van der Waals surface area contributed by atoms with Crippen LogP contribution in [0.25, 0.3) is 0 Å². The molecule has 1 N–H and O–H groups in total. The van der Waals surface area contributed by atoms with Crippen molar-refractivity contribution in [2.75, 3.05) is 0 Å². The van der Waals surface area contributed by atoms with Crippen LogP contribution in [0.3, 0.4) is 0 Å². The molecule has 0 spiro atoms. The van der Waals surface area contributed by atoms with Gasteiger partial charge < -0.3 is 5.11 Å². The van der Waals surface area contributed by atoms with E-state index in [0.29, 0.717) is 0 Å². The quantitative estimate of drug-likeness (QED) is 0.793. The van der Waals surface area contributed by atoms with Crippen molar-refractivity contribution in [3.8, 4) is 0 Å². The summed E-state index contributed by atoms with van der Waals surface area (Å²) in [5.74, 6) is -0.856. The highest BCUT2D eigenvalue weighted by molar-refractivity contribution is 5.85. The van der Waals surface area contributed by atoms with E-state index in [9.17, 15) is 4.79 Å². The standard InChI is InChI=1S/C11H10N2O2/c14-11(15)10-6-9(12-7-13-10)8-4-2-1-3-5-8/h1-4,6-8H,5H2,(H,14,15). The molecule has 1 aromatic rings. The molecule has 0 saturated carbocycles. The maximum Gasteiger partial charge on any atom is 0.354 e. The van der Waals surface area contributed by atoms with Gasteiger partial charge in [-0.05, 0) is 12.5 Å². The number of rotatable bonds is 2. The van der Waals surface area contributed by atoms with Gasteiger partial charge in [0, 0.05) is 5.92 Å². The van der Waals surface area contributed by atoms with Gasteiger partial charge in [0.05, 0.1) is 5.69 Å². The molecular formula is C11H10N2O2. The van der Waals surface area contributed by atoms with Crippen molar-refractivity contribution in [1.29, 1.82) is 0 Å². The second-order valence-electron chi connectivity index (χ2n) is 3.29. The van der Waals surface area contributed by atoms with Crippen LogP contribution in [0.1, 0.15) is 28.5 Å². The van der Waals surface area contributed by atoms with Gasteiger partial charge in [0.1, 0.15) is 6.33 Å². The average molecular weight is 202 g/mol. The lowest BCUT2D eigenvalue weighted by atomic mass is 9.97. The number of aromatic nitrogens is 2. The van der Waals surface area contributed by atoms with Crippen molar-refractivity contribution in [2.24, 2.45) is 0 Å². The third-order valence-corrected chi connectivity index (χ3v) is 2.27. The van der Waals surface area contributed by atoms with Crippen LogP contribution in [-0.2, 0) is 0 Å². The van der Waals surface area contributed by atoms with Crippen LogP contribution in [0.15, 0.2) is 36.7 Å². The molecule has 2 rings (SSSR count). The molecule has 76 valence electrons. The molecule has 1 unspecified atom stereocenters. The van der Waals surface area contributed by atoms with Crippen LogP contribution >= 0.6 is 0 Å². The summed E-state index contributed by atoms with van der Waals surface area (Å²) in [6, 6.07) is 1.52. The summed E-state index contributed by atoms with van der Waals surface area (Å²) >= 11 is 0. The highest BCUT2D eigenvalue weighted by Gasteiger charge is 2.13. The van der Waals surface area contributed by atoms with Crippen LogP contribution in [0.2, 0.25) is 0 Å². The van der Waals surface area contributed by atoms with Gasteiger partial charge in [-0.1, -0.05) is 24.3 Å². The molecule has 0 amide bonds. The number of carboxylic acid groups (broad SMARTS) is 1. The van der Waals surface area contributed by atoms with E-state index in [1.165, 1.54) is 12.4 Å². The Kier molecular flexibility index (Phi) is 2.58. The third kappa shape index (κ3) is 2.10. The summed E-state index contributed by atoms with van der Waals surface area (Å²) in [7, 11) is 0. The number of hydrogen-bond acceptors (Lipinski definition) is 3. The van der Waals surface area contributed by atoms with Gasteiger partial charge in [-0.2, -0.15) is 0 Å². The molecule has 1 atom stereocenters. The molecule has 1 aliphatic rings. The number of carboxylic acids is 1. The molecule has 0 bridgehead atoms. The predicted octanol–water partition coefficient (Wildman–Crippen LogP) is 1.77. The molecule has 0 aromatic carbocycles. The van der Waals surface area contributed by atoms with Crippen molar-refractivity contribution >= 4 is 5.97 Å². The normalized spacial score (nSPS) is 19.1. The molecule has 15 heavy (non-hydrogen) atoms. The van der Waals surface area contributed by atoms with Crippen LogP contribution < -0.4 is 0 Å². The Morgan fingerprint density at radius 2 is 2.27 bits per heavy atom. The van der Waals surface area contributed by atoms with Crippen LogP contribution in [0, 0.1) is 0 Å². The molecule has 0 radical (unpaired) electrons. The lowest BCUT2D eigenvalue weighted by molar-refractivity contribution is 0.0690. The van der Waals surface area contributed by atoms with Crippen molar-refractivity contribution in [2.45, 2.75) is 12.3 Å². The van der Waals surface area contributed by atoms with Crippen molar-refractivity contribution in [3.05, 3.63) is 48.1 Å². The summed E-state index contributed by atoms with van der Waals surface area (Å²) in [6.45, 7) is 0. The number of nitrogens with zero attached hydrogens (tertiary/aromatic N) is 2. The summed E-state index contributed by atoms with van der Waals surface area (Å²) in [4.78, 5) is 18.5. The van der Waals surface area contributed by atoms with E-state index in [0.717, 1.165) is 12.1 Å². The summed E-state index contributed by atoms with van der Waals surface area (Å²) in [6.07, 6.45) is 10.1. The fourth-order valence-corrected chi connectivity index (χ4v) is 1.49. The smallest absolute Gasteiger partial charge is 0.354 e. The Balaban J connectivity index is 2.28. The highest BCUT2D eigenvalue weighted by Crippen LogP contribution is 2.22. The van der Waals surface area contributed by atoms with Gasteiger partial charge in [-0.25, -0.2) is 14.8 Å². The molecule has 0 fully saturated rings. The largest absolute Gasteiger partial charge is 0.477 e. The maximum absolute atomic E-state index is 10.7. The topological polar surface area (TPSA) is 63.1 Å². The molecule has 0 aliphatic heterocycles. The van der Waals surface area contributed by atoms with Gasteiger partial charge in [0.2, 0.25) is 0 Å². The lowest BCUT2D eigenvalue weighted by Gasteiger charge is -2.11. The predicted molar refractivity (Wildman–Crippen MR) is 54.6 cm³/mol. The van der Waals surface area contributed by atoms with E-state index in [2.05, 4.69) is 9.97 Å². The zero-order chi connectivity index (χ0) is 10.7. The zero-order valence-electron chi connectivity index (χ0n) is 8.00. The average Bonchev–Trinajstić information content (AvgIpc) is 2.30. The molecule has 1 heterocycles. The van der Waals surface area contributed by atoms with E-state index >= 15 is 0 Å². The van der Waals surface area contributed by atoms with Crippen molar-refractivity contribution < 1.29 is 9.90 Å². The molecule has 1 aromatic heterocycles. The van der Waals surface area contributed by atoms with E-state index < -0.39 is 5.97 Å². The lowest BCUT2D eigenvalue weighted by Crippen LogP contribution is -2.06. The maximum atomic E-state index is 10.7. The van der Waals surface area contributed by atoms with Gasteiger partial charge in [0.15, 0.2) is 5.69 Å². The van der Waals surface area contributed by atoms with Crippen LogP contribution in [-0.4, -0.2) is 21.0 Å². The van der Waals surface area contributed by atoms with Gasteiger partial charge in [-0.3, -0.25) is 0 Å².